The highest BCUT2D eigenvalue weighted by Gasteiger charge is 2.04. The van der Waals surface area contributed by atoms with Gasteiger partial charge in [-0.1, -0.05) is 17.7 Å². The molecule has 0 radical (unpaired) electrons. The average molecular weight is 272 g/mol. The van der Waals surface area contributed by atoms with Gasteiger partial charge >= 0.3 is 0 Å². The van der Waals surface area contributed by atoms with Gasteiger partial charge in [0.2, 0.25) is 0 Å². The van der Waals surface area contributed by atoms with Gasteiger partial charge in [0.1, 0.15) is 17.5 Å². The lowest BCUT2D eigenvalue weighted by Crippen LogP contribution is -2.02. The minimum Gasteiger partial charge on any atom is -0.379 e. The third-order valence-corrected chi connectivity index (χ3v) is 2.69. The van der Waals surface area contributed by atoms with Gasteiger partial charge in [0.05, 0.1) is 10.7 Å². The molecule has 94 valence electrons. The molecule has 0 aromatic heterocycles. The van der Waals surface area contributed by atoms with Crippen molar-refractivity contribution in [2.24, 2.45) is 0 Å². The van der Waals surface area contributed by atoms with Crippen LogP contribution in [0.5, 0.6) is 0 Å². The Balaban J connectivity index is 2.09. The summed E-state index contributed by atoms with van der Waals surface area (Å²) in [5, 5.41) is 2.79. The summed E-state index contributed by atoms with van der Waals surface area (Å²) >= 11 is 5.62. The van der Waals surface area contributed by atoms with Crippen molar-refractivity contribution in [3.8, 4) is 0 Å². The van der Waals surface area contributed by atoms with Crippen molar-refractivity contribution in [2.75, 3.05) is 5.32 Å². The van der Waals surface area contributed by atoms with E-state index in [0.717, 1.165) is 12.1 Å². The summed E-state index contributed by atoms with van der Waals surface area (Å²) in [5.74, 6) is -1.82. The fraction of sp³-hybridized carbons (Fsp3) is 0.0769. The molecular weight excluding hydrogens is 263 g/mol. The van der Waals surface area contributed by atoms with E-state index in [4.69, 9.17) is 11.6 Å². The van der Waals surface area contributed by atoms with E-state index in [1.54, 1.807) is 0 Å². The molecule has 18 heavy (non-hydrogen) atoms. The maximum Gasteiger partial charge on any atom is 0.149 e. The van der Waals surface area contributed by atoms with E-state index in [0.29, 0.717) is 5.56 Å². The van der Waals surface area contributed by atoms with Gasteiger partial charge in [0.15, 0.2) is 0 Å². The van der Waals surface area contributed by atoms with E-state index in [1.165, 1.54) is 24.3 Å². The van der Waals surface area contributed by atoms with Crippen molar-refractivity contribution in [3.63, 3.8) is 0 Å². The first-order chi connectivity index (χ1) is 8.56. The zero-order valence-corrected chi connectivity index (χ0v) is 9.94. The third-order valence-electron chi connectivity index (χ3n) is 2.40. The minimum atomic E-state index is -0.678. The van der Waals surface area contributed by atoms with Crippen LogP contribution in [-0.2, 0) is 6.54 Å². The molecular formula is C13H9ClF3N. The quantitative estimate of drug-likeness (QED) is 0.874. The number of benzene rings is 2. The zero-order valence-electron chi connectivity index (χ0n) is 9.18. The zero-order chi connectivity index (χ0) is 13.1. The number of hydrogen-bond acceptors (Lipinski definition) is 1. The van der Waals surface area contributed by atoms with E-state index in [2.05, 4.69) is 5.32 Å². The molecule has 0 atom stereocenters. The first-order valence-corrected chi connectivity index (χ1v) is 5.57. The highest BCUT2D eigenvalue weighted by Crippen LogP contribution is 2.19. The summed E-state index contributed by atoms with van der Waals surface area (Å²) < 4.78 is 38.9. The number of anilines is 1. The lowest BCUT2D eigenvalue weighted by molar-refractivity contribution is 0.585. The van der Waals surface area contributed by atoms with Gasteiger partial charge in [0.25, 0.3) is 0 Å². The van der Waals surface area contributed by atoms with Gasteiger partial charge in [-0.25, -0.2) is 13.2 Å². The molecule has 2 aromatic carbocycles. The molecule has 0 aliphatic heterocycles. The van der Waals surface area contributed by atoms with Crippen molar-refractivity contribution >= 4 is 17.3 Å². The van der Waals surface area contributed by atoms with Gasteiger partial charge < -0.3 is 5.32 Å². The number of nitrogens with one attached hydrogen (secondary N) is 1. The Kier molecular flexibility index (Phi) is 3.77. The summed E-state index contributed by atoms with van der Waals surface area (Å²) in [7, 11) is 0. The summed E-state index contributed by atoms with van der Waals surface area (Å²) in [4.78, 5) is 0. The summed E-state index contributed by atoms with van der Waals surface area (Å²) in [5.41, 5.74) is 0.877. The monoisotopic (exact) mass is 271 g/mol. The molecule has 0 heterocycles. The van der Waals surface area contributed by atoms with Crippen molar-refractivity contribution in [2.45, 2.75) is 6.54 Å². The second kappa shape index (κ2) is 5.31. The van der Waals surface area contributed by atoms with Crippen molar-refractivity contribution in [1.29, 1.82) is 0 Å². The predicted molar refractivity (Wildman–Crippen MR) is 65.1 cm³/mol. The Morgan fingerprint density at radius 2 is 1.72 bits per heavy atom. The van der Waals surface area contributed by atoms with Crippen LogP contribution in [0.1, 0.15) is 5.56 Å². The largest absolute Gasteiger partial charge is 0.379 e. The fourth-order valence-electron chi connectivity index (χ4n) is 1.48. The van der Waals surface area contributed by atoms with Crippen LogP contribution in [0.25, 0.3) is 0 Å². The second-order valence-corrected chi connectivity index (χ2v) is 4.13. The molecule has 0 fully saturated rings. The summed E-state index contributed by atoms with van der Waals surface area (Å²) in [6, 6.07) is 7.47. The van der Waals surface area contributed by atoms with E-state index in [1.807, 2.05) is 0 Å². The Labute approximate surface area is 107 Å². The smallest absolute Gasteiger partial charge is 0.149 e. The molecule has 0 amide bonds. The third kappa shape index (κ3) is 2.96. The molecule has 5 heteroatoms. The van der Waals surface area contributed by atoms with Crippen LogP contribution in [-0.4, -0.2) is 0 Å². The molecule has 1 N–H and O–H groups in total. The summed E-state index contributed by atoms with van der Waals surface area (Å²) in [6.45, 7) is 0.266. The van der Waals surface area contributed by atoms with Gasteiger partial charge in [0, 0.05) is 12.6 Å². The molecule has 0 saturated carbocycles. The Bertz CT molecular complexity index is 572. The first kappa shape index (κ1) is 12.8. The summed E-state index contributed by atoms with van der Waals surface area (Å²) in [6.07, 6.45) is 0. The van der Waals surface area contributed by atoms with Crippen LogP contribution in [0, 0.1) is 17.5 Å². The van der Waals surface area contributed by atoms with Crippen molar-refractivity contribution < 1.29 is 13.2 Å². The van der Waals surface area contributed by atoms with Crippen LogP contribution >= 0.6 is 11.6 Å². The molecule has 0 saturated heterocycles. The highest BCUT2D eigenvalue weighted by atomic mass is 35.5. The standard InChI is InChI=1S/C13H9ClF3N/c14-10-5-8(1-3-11(10)16)7-18-13-4-2-9(15)6-12(13)17/h1-6,18H,7H2. The van der Waals surface area contributed by atoms with Crippen LogP contribution in [0.2, 0.25) is 5.02 Å². The Morgan fingerprint density at radius 3 is 2.39 bits per heavy atom. The van der Waals surface area contributed by atoms with E-state index in [9.17, 15) is 13.2 Å². The maximum absolute atomic E-state index is 13.3. The van der Waals surface area contributed by atoms with E-state index < -0.39 is 17.5 Å². The Morgan fingerprint density at radius 1 is 0.944 bits per heavy atom. The highest BCUT2D eigenvalue weighted by molar-refractivity contribution is 6.30. The molecule has 0 bridgehead atoms. The van der Waals surface area contributed by atoms with Crippen LogP contribution < -0.4 is 5.32 Å². The SMILES string of the molecule is Fc1ccc(NCc2ccc(F)c(Cl)c2)c(F)c1. The fourth-order valence-corrected chi connectivity index (χ4v) is 1.68. The van der Waals surface area contributed by atoms with Gasteiger partial charge in [-0.05, 0) is 29.8 Å². The lowest BCUT2D eigenvalue weighted by Gasteiger charge is -2.08. The number of hydrogen-bond donors (Lipinski definition) is 1. The van der Waals surface area contributed by atoms with Crippen LogP contribution in [0.4, 0.5) is 18.9 Å². The lowest BCUT2D eigenvalue weighted by atomic mass is 10.2. The molecule has 0 spiro atoms. The number of halogens is 4. The van der Waals surface area contributed by atoms with Gasteiger partial charge in [-0.2, -0.15) is 0 Å². The normalized spacial score (nSPS) is 10.4. The Hall–Kier alpha value is -1.68. The van der Waals surface area contributed by atoms with E-state index in [-0.39, 0.29) is 17.3 Å². The molecule has 1 nitrogen and oxygen atoms in total. The topological polar surface area (TPSA) is 12.0 Å². The first-order valence-electron chi connectivity index (χ1n) is 5.19. The van der Waals surface area contributed by atoms with Crippen LogP contribution in [0.3, 0.4) is 0 Å². The van der Waals surface area contributed by atoms with Gasteiger partial charge in [-0.3, -0.25) is 0 Å². The van der Waals surface area contributed by atoms with E-state index >= 15 is 0 Å². The number of rotatable bonds is 3. The predicted octanol–water partition coefficient (Wildman–Crippen LogP) is 4.37. The second-order valence-electron chi connectivity index (χ2n) is 3.73. The van der Waals surface area contributed by atoms with Crippen molar-refractivity contribution in [3.05, 3.63) is 64.4 Å². The maximum atomic E-state index is 13.3. The van der Waals surface area contributed by atoms with Crippen molar-refractivity contribution in [1.82, 2.24) is 0 Å². The minimum absolute atomic E-state index is 0.00822. The molecule has 0 aliphatic carbocycles. The molecule has 2 aromatic rings. The molecule has 2 rings (SSSR count). The molecule has 0 aliphatic rings. The molecule has 0 unspecified atom stereocenters. The average Bonchev–Trinajstić information content (AvgIpc) is 2.32. The van der Waals surface area contributed by atoms with Crippen LogP contribution in [0.15, 0.2) is 36.4 Å². The van der Waals surface area contributed by atoms with Gasteiger partial charge in [-0.15, -0.1) is 0 Å².